The van der Waals surface area contributed by atoms with E-state index in [4.69, 9.17) is 4.42 Å². The lowest BCUT2D eigenvalue weighted by Gasteiger charge is -2.62. The summed E-state index contributed by atoms with van der Waals surface area (Å²) in [6.45, 7) is 2.20. The lowest BCUT2D eigenvalue weighted by molar-refractivity contribution is -0.204. The lowest BCUT2D eigenvalue weighted by atomic mass is 9.43. The molecule has 1 aromatic rings. The monoisotopic (exact) mass is 400 g/mol. The predicted octanol–water partition coefficient (Wildman–Crippen LogP) is 3.42. The molecule has 0 spiro atoms. The Labute approximate surface area is 171 Å². The third-order valence-electron chi connectivity index (χ3n) is 9.73. The van der Waals surface area contributed by atoms with E-state index in [0.717, 1.165) is 56.9 Å². The van der Waals surface area contributed by atoms with Gasteiger partial charge in [0.15, 0.2) is 0 Å². The summed E-state index contributed by atoms with van der Waals surface area (Å²) in [6, 6.07) is 3.33. The van der Waals surface area contributed by atoms with Crippen LogP contribution in [0.4, 0.5) is 0 Å². The van der Waals surface area contributed by atoms with Gasteiger partial charge >= 0.3 is 5.63 Å². The fourth-order valence-electron chi connectivity index (χ4n) is 8.23. The summed E-state index contributed by atoms with van der Waals surface area (Å²) in [7, 11) is 0. The molecule has 0 radical (unpaired) electrons. The first-order valence-corrected chi connectivity index (χ1v) is 11.3. The first-order valence-electron chi connectivity index (χ1n) is 11.3. The molecule has 0 saturated heterocycles. The number of rotatable bonds is 2. The standard InChI is InChI=1S/C24H32O5/c1-22-9-7-19-20(4-3-16-12-17(26)6-10-23(16,19)14-25)24(22,28)11-8-18(22)15-2-5-21(27)29-13-15/h2,5,13-14,16-20,26,28H,3-4,6-12H2,1H3. The maximum absolute atomic E-state index is 12.5. The Morgan fingerprint density at radius 1 is 1.07 bits per heavy atom. The minimum atomic E-state index is -0.798. The Bertz CT molecular complexity index is 843. The molecular weight excluding hydrogens is 368 g/mol. The minimum absolute atomic E-state index is 0.124. The van der Waals surface area contributed by atoms with E-state index in [0.29, 0.717) is 6.42 Å². The van der Waals surface area contributed by atoms with E-state index in [1.807, 2.05) is 6.07 Å². The van der Waals surface area contributed by atoms with Crippen molar-refractivity contribution in [2.24, 2.45) is 28.6 Å². The van der Waals surface area contributed by atoms with Crippen LogP contribution in [0.2, 0.25) is 0 Å². The molecule has 4 aliphatic carbocycles. The first kappa shape index (κ1) is 19.5. The number of aliphatic hydroxyl groups excluding tert-OH is 1. The molecule has 8 unspecified atom stereocenters. The van der Waals surface area contributed by atoms with Crippen molar-refractivity contribution in [3.63, 3.8) is 0 Å². The highest BCUT2D eigenvalue weighted by Gasteiger charge is 2.68. The molecule has 0 aromatic carbocycles. The average molecular weight is 401 g/mol. The van der Waals surface area contributed by atoms with Gasteiger partial charge in [-0.2, -0.15) is 0 Å². The average Bonchev–Trinajstić information content (AvgIpc) is 3.00. The molecule has 158 valence electrons. The third-order valence-corrected chi connectivity index (χ3v) is 9.73. The van der Waals surface area contributed by atoms with Crippen LogP contribution in [0.3, 0.4) is 0 Å². The van der Waals surface area contributed by atoms with Crippen LogP contribution in [0.15, 0.2) is 27.6 Å². The van der Waals surface area contributed by atoms with Gasteiger partial charge in [-0.15, -0.1) is 0 Å². The molecule has 0 aliphatic heterocycles. The minimum Gasteiger partial charge on any atom is -0.431 e. The van der Waals surface area contributed by atoms with Crippen molar-refractivity contribution >= 4 is 6.29 Å². The van der Waals surface area contributed by atoms with Crippen LogP contribution < -0.4 is 5.63 Å². The molecule has 8 atom stereocenters. The van der Waals surface area contributed by atoms with Gasteiger partial charge in [-0.1, -0.05) is 6.92 Å². The third kappa shape index (κ3) is 2.53. The van der Waals surface area contributed by atoms with Crippen LogP contribution in [0.1, 0.15) is 76.2 Å². The number of hydrogen-bond donors (Lipinski definition) is 2. The van der Waals surface area contributed by atoms with E-state index in [9.17, 15) is 19.8 Å². The van der Waals surface area contributed by atoms with Crippen molar-refractivity contribution in [2.45, 2.75) is 82.3 Å². The van der Waals surface area contributed by atoms with Crippen LogP contribution in [-0.4, -0.2) is 28.2 Å². The van der Waals surface area contributed by atoms with Crippen molar-refractivity contribution < 1.29 is 19.4 Å². The molecule has 4 aliphatic rings. The number of hydrogen-bond acceptors (Lipinski definition) is 5. The van der Waals surface area contributed by atoms with E-state index in [-0.39, 0.29) is 46.2 Å². The van der Waals surface area contributed by atoms with E-state index in [1.54, 1.807) is 6.26 Å². The summed E-state index contributed by atoms with van der Waals surface area (Å²) in [5.74, 6) is 0.741. The summed E-state index contributed by atoms with van der Waals surface area (Å²) < 4.78 is 5.14. The maximum atomic E-state index is 12.5. The second kappa shape index (κ2) is 6.52. The van der Waals surface area contributed by atoms with Crippen molar-refractivity contribution in [3.8, 4) is 0 Å². The molecule has 1 heterocycles. The van der Waals surface area contributed by atoms with Crippen molar-refractivity contribution in [1.82, 2.24) is 0 Å². The van der Waals surface area contributed by atoms with Crippen LogP contribution in [0.5, 0.6) is 0 Å². The highest BCUT2D eigenvalue weighted by Crippen LogP contribution is 2.70. The molecule has 0 amide bonds. The number of fused-ring (bicyclic) bond motifs is 5. The molecule has 5 nitrogen and oxygen atoms in total. The summed E-state index contributed by atoms with van der Waals surface area (Å²) in [6.07, 6.45) is 9.93. The van der Waals surface area contributed by atoms with Gasteiger partial charge in [-0.3, -0.25) is 0 Å². The Morgan fingerprint density at radius 2 is 1.90 bits per heavy atom. The van der Waals surface area contributed by atoms with Gasteiger partial charge < -0.3 is 19.4 Å². The zero-order valence-corrected chi connectivity index (χ0v) is 17.2. The second-order valence-corrected chi connectivity index (χ2v) is 10.5. The molecular formula is C24H32O5. The highest BCUT2D eigenvalue weighted by molar-refractivity contribution is 5.62. The van der Waals surface area contributed by atoms with Gasteiger partial charge in [-0.05, 0) is 93.1 Å². The smallest absolute Gasteiger partial charge is 0.335 e. The zero-order chi connectivity index (χ0) is 20.4. The Balaban J connectivity index is 1.50. The van der Waals surface area contributed by atoms with Crippen molar-refractivity contribution in [2.75, 3.05) is 0 Å². The van der Waals surface area contributed by atoms with Gasteiger partial charge in [0.25, 0.3) is 0 Å². The van der Waals surface area contributed by atoms with Gasteiger partial charge in [-0.25, -0.2) is 4.79 Å². The molecule has 5 heteroatoms. The maximum Gasteiger partial charge on any atom is 0.335 e. The molecule has 29 heavy (non-hydrogen) atoms. The van der Waals surface area contributed by atoms with Gasteiger partial charge in [0.2, 0.25) is 0 Å². The fourth-order valence-corrected chi connectivity index (χ4v) is 8.23. The molecule has 4 fully saturated rings. The predicted molar refractivity (Wildman–Crippen MR) is 107 cm³/mol. The van der Waals surface area contributed by atoms with Crippen LogP contribution in [0.25, 0.3) is 0 Å². The number of carbonyl (C=O) groups excluding carboxylic acids is 1. The van der Waals surface area contributed by atoms with Crippen LogP contribution in [-0.2, 0) is 4.79 Å². The number of aldehydes is 1. The topological polar surface area (TPSA) is 87.7 Å². The molecule has 5 rings (SSSR count). The van der Waals surface area contributed by atoms with E-state index in [2.05, 4.69) is 6.92 Å². The summed E-state index contributed by atoms with van der Waals surface area (Å²) in [4.78, 5) is 23.9. The van der Waals surface area contributed by atoms with Crippen LogP contribution in [0, 0.1) is 28.6 Å². The Hall–Kier alpha value is -1.46. The molecule has 1 aromatic heterocycles. The first-order chi connectivity index (χ1) is 13.8. The normalized spacial score (nSPS) is 49.0. The van der Waals surface area contributed by atoms with Gasteiger partial charge in [0, 0.05) is 16.9 Å². The molecule has 2 N–H and O–H groups in total. The highest BCUT2D eigenvalue weighted by atomic mass is 16.4. The van der Waals surface area contributed by atoms with Gasteiger partial charge in [0.05, 0.1) is 18.0 Å². The Kier molecular flexibility index (Phi) is 4.38. The van der Waals surface area contributed by atoms with Crippen LogP contribution >= 0.6 is 0 Å². The lowest BCUT2D eigenvalue weighted by Crippen LogP contribution is -2.63. The zero-order valence-electron chi connectivity index (χ0n) is 17.2. The van der Waals surface area contributed by atoms with E-state index in [1.165, 1.54) is 12.4 Å². The fraction of sp³-hybridized carbons (Fsp3) is 0.750. The van der Waals surface area contributed by atoms with E-state index >= 15 is 0 Å². The number of aliphatic hydroxyl groups is 2. The largest absolute Gasteiger partial charge is 0.431 e. The summed E-state index contributed by atoms with van der Waals surface area (Å²) in [5.41, 5.74) is -0.799. The molecule has 4 saturated carbocycles. The van der Waals surface area contributed by atoms with Crippen molar-refractivity contribution in [1.29, 1.82) is 0 Å². The SMILES string of the molecule is CC12CCC3C(CCC4CC(O)CCC43C=O)C1(O)CCC2c1ccc(=O)oc1. The summed E-state index contributed by atoms with van der Waals surface area (Å²) >= 11 is 0. The number of carbonyl (C=O) groups is 1. The van der Waals surface area contributed by atoms with Gasteiger partial charge in [0.1, 0.15) is 6.29 Å². The quantitative estimate of drug-likeness (QED) is 0.743. The Morgan fingerprint density at radius 3 is 2.62 bits per heavy atom. The summed E-state index contributed by atoms with van der Waals surface area (Å²) in [5, 5.41) is 22.3. The second-order valence-electron chi connectivity index (χ2n) is 10.5. The van der Waals surface area contributed by atoms with E-state index < -0.39 is 5.60 Å². The molecule has 0 bridgehead atoms. The van der Waals surface area contributed by atoms with Crippen molar-refractivity contribution in [3.05, 3.63) is 34.4 Å².